The topological polar surface area (TPSA) is 74.6 Å². The van der Waals surface area contributed by atoms with Crippen LogP contribution < -0.4 is 0 Å². The second kappa shape index (κ2) is 15.8. The van der Waals surface area contributed by atoms with E-state index in [2.05, 4.69) is 31.2 Å². The molecule has 0 saturated heterocycles. The van der Waals surface area contributed by atoms with Crippen LogP contribution in [0.1, 0.15) is 100 Å². The lowest BCUT2D eigenvalue weighted by Gasteiger charge is -2.18. The molecule has 2 rings (SSSR count). The van der Waals surface area contributed by atoms with Crippen molar-refractivity contribution in [3.8, 4) is 0 Å². The van der Waals surface area contributed by atoms with Crippen LogP contribution in [0.25, 0.3) is 10.8 Å². The summed E-state index contributed by atoms with van der Waals surface area (Å²) in [6.45, 7) is 2.26. The Balaban J connectivity index is 1.93. The first-order chi connectivity index (χ1) is 16.0. The maximum absolute atomic E-state index is 11.5. The van der Waals surface area contributed by atoms with Crippen LogP contribution in [0.2, 0.25) is 0 Å². The van der Waals surface area contributed by atoms with Crippen molar-refractivity contribution in [1.29, 1.82) is 0 Å². The average molecular weight is 473 g/mol. The normalized spacial score (nSPS) is 12.2. The lowest BCUT2D eigenvalue weighted by atomic mass is 9.96. The molecule has 1 atom stereocenters. The van der Waals surface area contributed by atoms with Crippen molar-refractivity contribution in [2.24, 2.45) is 0 Å². The monoisotopic (exact) mass is 472 g/mol. The summed E-state index contributed by atoms with van der Waals surface area (Å²) < 4.78 is 0. The second-order valence-electron chi connectivity index (χ2n) is 8.94. The maximum atomic E-state index is 11.5. The molecule has 0 saturated carbocycles. The predicted octanol–water partition coefficient (Wildman–Crippen LogP) is 8.03. The standard InChI is InChI=1S/C28H40O4S/c1-2-3-4-5-6-7-8-9-10-11-13-22-16-17-23-14-12-15-24(25(23)20-22)26(21-28(31)32)33-19-18-27(29)30/h12,14-17,20,26H,2-11,13,18-19,21H2,1H3,(H,29,30)(H,31,32). The molecule has 0 heterocycles. The van der Waals surface area contributed by atoms with Gasteiger partial charge in [-0.05, 0) is 34.7 Å². The zero-order valence-corrected chi connectivity index (χ0v) is 20.9. The van der Waals surface area contributed by atoms with E-state index < -0.39 is 11.9 Å². The lowest BCUT2D eigenvalue weighted by Crippen LogP contribution is -2.06. The van der Waals surface area contributed by atoms with Gasteiger partial charge < -0.3 is 10.2 Å². The third-order valence-electron chi connectivity index (χ3n) is 6.14. The summed E-state index contributed by atoms with van der Waals surface area (Å²) in [4.78, 5) is 22.4. The van der Waals surface area contributed by atoms with Crippen molar-refractivity contribution >= 4 is 34.5 Å². The van der Waals surface area contributed by atoms with Gasteiger partial charge in [0.25, 0.3) is 0 Å². The van der Waals surface area contributed by atoms with Gasteiger partial charge >= 0.3 is 11.9 Å². The first kappa shape index (κ1) is 27.2. The number of rotatable bonds is 18. The Morgan fingerprint density at radius 3 is 2.15 bits per heavy atom. The zero-order chi connectivity index (χ0) is 23.9. The van der Waals surface area contributed by atoms with Crippen molar-refractivity contribution in [3.05, 3.63) is 47.5 Å². The number of thioether (sulfide) groups is 1. The van der Waals surface area contributed by atoms with Gasteiger partial charge in [0, 0.05) is 11.0 Å². The van der Waals surface area contributed by atoms with E-state index in [1.54, 1.807) is 0 Å². The number of benzene rings is 2. The van der Waals surface area contributed by atoms with Gasteiger partial charge in [0.1, 0.15) is 0 Å². The van der Waals surface area contributed by atoms with E-state index in [9.17, 15) is 14.7 Å². The van der Waals surface area contributed by atoms with E-state index in [4.69, 9.17) is 5.11 Å². The molecule has 5 heteroatoms. The third kappa shape index (κ3) is 10.6. The number of fused-ring (bicyclic) bond motifs is 1. The number of aliphatic carboxylic acids is 2. The van der Waals surface area contributed by atoms with Crippen LogP contribution in [-0.2, 0) is 16.0 Å². The highest BCUT2D eigenvalue weighted by molar-refractivity contribution is 7.99. The van der Waals surface area contributed by atoms with Gasteiger partial charge in [0.05, 0.1) is 12.8 Å². The molecule has 0 aliphatic rings. The fourth-order valence-corrected chi connectivity index (χ4v) is 5.53. The number of hydrogen-bond donors (Lipinski definition) is 2. The predicted molar refractivity (Wildman–Crippen MR) is 139 cm³/mol. The van der Waals surface area contributed by atoms with Crippen molar-refractivity contribution in [1.82, 2.24) is 0 Å². The Kier molecular flexibility index (Phi) is 13.0. The minimum atomic E-state index is -0.860. The Labute approximate surface area is 203 Å². The van der Waals surface area contributed by atoms with Crippen LogP contribution in [0, 0.1) is 0 Å². The Morgan fingerprint density at radius 1 is 0.848 bits per heavy atom. The molecule has 0 amide bonds. The van der Waals surface area contributed by atoms with Crippen molar-refractivity contribution in [2.45, 2.75) is 95.6 Å². The van der Waals surface area contributed by atoms with Crippen LogP contribution in [0.4, 0.5) is 0 Å². The molecular weight excluding hydrogens is 432 g/mol. The first-order valence-corrected chi connectivity index (χ1v) is 13.6. The number of carbonyl (C=O) groups is 2. The van der Waals surface area contributed by atoms with E-state index in [1.165, 1.54) is 81.5 Å². The largest absolute Gasteiger partial charge is 0.481 e. The van der Waals surface area contributed by atoms with Gasteiger partial charge in [0.2, 0.25) is 0 Å². The van der Waals surface area contributed by atoms with Gasteiger partial charge in [-0.2, -0.15) is 11.8 Å². The SMILES string of the molecule is CCCCCCCCCCCCc1ccc2cccc(C(CC(=O)O)SCCC(=O)O)c2c1. The molecule has 2 aromatic carbocycles. The summed E-state index contributed by atoms with van der Waals surface area (Å²) in [5.74, 6) is -1.31. The highest BCUT2D eigenvalue weighted by Crippen LogP contribution is 2.37. The summed E-state index contributed by atoms with van der Waals surface area (Å²) in [5, 5.41) is 20.3. The number of hydrogen-bond acceptors (Lipinski definition) is 3. The zero-order valence-electron chi connectivity index (χ0n) is 20.1. The first-order valence-electron chi connectivity index (χ1n) is 12.6. The van der Waals surface area contributed by atoms with Crippen LogP contribution in [-0.4, -0.2) is 27.9 Å². The van der Waals surface area contributed by atoms with Crippen molar-refractivity contribution in [3.63, 3.8) is 0 Å². The maximum Gasteiger partial charge on any atom is 0.304 e. The number of carboxylic acids is 2. The van der Waals surface area contributed by atoms with Crippen LogP contribution in [0.15, 0.2) is 36.4 Å². The second-order valence-corrected chi connectivity index (χ2v) is 10.2. The molecular formula is C28H40O4S. The smallest absolute Gasteiger partial charge is 0.304 e. The molecule has 0 aliphatic carbocycles. The molecule has 33 heavy (non-hydrogen) atoms. The molecule has 1 unspecified atom stereocenters. The molecule has 0 fully saturated rings. The molecule has 0 spiro atoms. The quantitative estimate of drug-likeness (QED) is 0.215. The van der Waals surface area contributed by atoms with Gasteiger partial charge in [-0.3, -0.25) is 9.59 Å². The van der Waals surface area contributed by atoms with E-state index in [0.717, 1.165) is 22.8 Å². The average Bonchev–Trinajstić information content (AvgIpc) is 2.78. The van der Waals surface area contributed by atoms with Crippen molar-refractivity contribution in [2.75, 3.05) is 5.75 Å². The number of carboxylic acid groups (broad SMARTS) is 2. The Morgan fingerprint density at radius 2 is 1.52 bits per heavy atom. The lowest BCUT2D eigenvalue weighted by molar-refractivity contribution is -0.137. The van der Waals surface area contributed by atoms with E-state index in [-0.39, 0.29) is 18.1 Å². The fourth-order valence-electron chi connectivity index (χ4n) is 4.30. The van der Waals surface area contributed by atoms with E-state index in [1.807, 2.05) is 12.1 Å². The molecule has 2 aromatic rings. The fraction of sp³-hybridized carbons (Fsp3) is 0.571. The van der Waals surface area contributed by atoms with E-state index in [0.29, 0.717) is 5.75 Å². The molecule has 0 bridgehead atoms. The summed E-state index contributed by atoms with van der Waals surface area (Å²) in [6, 6.07) is 12.5. The summed E-state index contributed by atoms with van der Waals surface area (Å²) >= 11 is 1.43. The molecule has 0 aliphatic heterocycles. The van der Waals surface area contributed by atoms with Gasteiger partial charge in [-0.15, -0.1) is 0 Å². The summed E-state index contributed by atoms with van der Waals surface area (Å²) in [5.41, 5.74) is 2.29. The van der Waals surface area contributed by atoms with E-state index >= 15 is 0 Å². The highest BCUT2D eigenvalue weighted by Gasteiger charge is 2.19. The third-order valence-corrected chi connectivity index (χ3v) is 7.40. The Bertz CT molecular complexity index is 864. The number of aryl methyl sites for hydroxylation is 1. The number of unbranched alkanes of at least 4 members (excludes halogenated alkanes) is 9. The van der Waals surface area contributed by atoms with Crippen LogP contribution in [0.3, 0.4) is 0 Å². The molecule has 182 valence electrons. The molecule has 0 aromatic heterocycles. The van der Waals surface area contributed by atoms with Crippen LogP contribution in [0.5, 0.6) is 0 Å². The van der Waals surface area contributed by atoms with Gasteiger partial charge in [-0.25, -0.2) is 0 Å². The molecule has 2 N–H and O–H groups in total. The Hall–Kier alpha value is -2.01. The summed E-state index contributed by atoms with van der Waals surface area (Å²) in [7, 11) is 0. The summed E-state index contributed by atoms with van der Waals surface area (Å²) in [6.07, 6.45) is 14.3. The minimum absolute atomic E-state index is 0.00787. The minimum Gasteiger partial charge on any atom is -0.481 e. The van der Waals surface area contributed by atoms with Crippen molar-refractivity contribution < 1.29 is 19.8 Å². The van der Waals surface area contributed by atoms with Gasteiger partial charge in [-0.1, -0.05) is 101 Å². The molecule has 0 radical (unpaired) electrons. The van der Waals surface area contributed by atoms with Crippen LogP contribution >= 0.6 is 11.8 Å². The van der Waals surface area contributed by atoms with Gasteiger partial charge in [0.15, 0.2) is 0 Å². The molecule has 4 nitrogen and oxygen atoms in total. The highest BCUT2D eigenvalue weighted by atomic mass is 32.2.